The molecule has 0 aliphatic carbocycles. The molecular formula is C26H27N3O5S. The number of methoxy groups -OCH3 is 1. The van der Waals surface area contributed by atoms with Gasteiger partial charge in [-0.15, -0.1) is 0 Å². The zero-order valence-corrected chi connectivity index (χ0v) is 20.3. The Morgan fingerprint density at radius 3 is 2.46 bits per heavy atom. The molecule has 5 rings (SSSR count). The summed E-state index contributed by atoms with van der Waals surface area (Å²) in [5.74, 6) is -0.145. The van der Waals surface area contributed by atoms with Gasteiger partial charge in [-0.1, -0.05) is 18.2 Å². The fourth-order valence-electron chi connectivity index (χ4n) is 4.49. The molecular weight excluding hydrogens is 466 g/mol. The minimum atomic E-state index is -3.84. The lowest BCUT2D eigenvalue weighted by Gasteiger charge is -2.28. The van der Waals surface area contributed by atoms with Crippen LogP contribution < -0.4 is 19.3 Å². The Labute approximate surface area is 205 Å². The number of anilines is 3. The monoisotopic (exact) mass is 493 g/mol. The molecule has 0 radical (unpaired) electrons. The number of rotatable bonds is 6. The molecule has 0 aromatic heterocycles. The first-order valence-electron chi connectivity index (χ1n) is 11.5. The number of hydrogen-bond donors (Lipinski definition) is 1. The van der Waals surface area contributed by atoms with Crippen molar-refractivity contribution >= 4 is 33.0 Å². The van der Waals surface area contributed by atoms with Crippen molar-refractivity contribution in [1.29, 1.82) is 0 Å². The topological polar surface area (TPSA) is 88.2 Å². The fourth-order valence-corrected chi connectivity index (χ4v) is 6.02. The summed E-state index contributed by atoms with van der Waals surface area (Å²) in [4.78, 5) is 15.4. The van der Waals surface area contributed by atoms with Crippen LogP contribution in [-0.4, -0.2) is 54.3 Å². The van der Waals surface area contributed by atoms with Crippen LogP contribution in [0.4, 0.5) is 17.1 Å². The second-order valence-electron chi connectivity index (χ2n) is 8.42. The lowest BCUT2D eigenvalue weighted by atomic mass is 10.1. The molecule has 1 amide bonds. The Morgan fingerprint density at radius 1 is 0.971 bits per heavy atom. The molecule has 3 aromatic carbocycles. The molecule has 9 heteroatoms. The van der Waals surface area contributed by atoms with E-state index in [1.807, 2.05) is 42.5 Å². The van der Waals surface area contributed by atoms with Crippen LogP contribution in [0.15, 0.2) is 71.6 Å². The zero-order valence-electron chi connectivity index (χ0n) is 19.4. The van der Waals surface area contributed by atoms with Crippen LogP contribution in [0.3, 0.4) is 0 Å². The minimum Gasteiger partial charge on any atom is -0.496 e. The highest BCUT2D eigenvalue weighted by atomic mass is 32.2. The number of hydrogen-bond acceptors (Lipinski definition) is 6. The van der Waals surface area contributed by atoms with Crippen molar-refractivity contribution in [2.24, 2.45) is 0 Å². The molecule has 8 nitrogen and oxygen atoms in total. The lowest BCUT2D eigenvalue weighted by Crippen LogP contribution is -2.36. The summed E-state index contributed by atoms with van der Waals surface area (Å²) in [6.07, 6.45) is 0.652. The molecule has 182 valence electrons. The van der Waals surface area contributed by atoms with E-state index < -0.39 is 15.9 Å². The molecule has 35 heavy (non-hydrogen) atoms. The first kappa shape index (κ1) is 23.2. The van der Waals surface area contributed by atoms with Crippen LogP contribution >= 0.6 is 0 Å². The molecule has 1 saturated heterocycles. The van der Waals surface area contributed by atoms with E-state index in [9.17, 15) is 13.2 Å². The molecule has 0 spiro atoms. The van der Waals surface area contributed by atoms with E-state index in [1.54, 1.807) is 6.07 Å². The van der Waals surface area contributed by atoms with Gasteiger partial charge in [0.2, 0.25) is 0 Å². The Morgan fingerprint density at radius 2 is 1.71 bits per heavy atom. The molecule has 3 aromatic rings. The third-order valence-electron chi connectivity index (χ3n) is 6.35. The number of morpholine rings is 1. The summed E-state index contributed by atoms with van der Waals surface area (Å²) in [7, 11) is -2.39. The highest BCUT2D eigenvalue weighted by Gasteiger charge is 2.31. The largest absolute Gasteiger partial charge is 0.496 e. The molecule has 2 aliphatic heterocycles. The van der Waals surface area contributed by atoms with Gasteiger partial charge in [0.15, 0.2) is 0 Å². The van der Waals surface area contributed by atoms with Gasteiger partial charge < -0.3 is 19.7 Å². The van der Waals surface area contributed by atoms with E-state index in [-0.39, 0.29) is 10.5 Å². The summed E-state index contributed by atoms with van der Waals surface area (Å²) in [5.41, 5.74) is 3.48. The van der Waals surface area contributed by atoms with Gasteiger partial charge in [-0.25, -0.2) is 8.42 Å². The maximum Gasteiger partial charge on any atom is 0.264 e. The van der Waals surface area contributed by atoms with Crippen molar-refractivity contribution in [3.8, 4) is 5.75 Å². The number of nitrogens with one attached hydrogen (secondary N) is 1. The van der Waals surface area contributed by atoms with Gasteiger partial charge in [-0.3, -0.25) is 9.10 Å². The van der Waals surface area contributed by atoms with Crippen LogP contribution in [0.25, 0.3) is 0 Å². The number of nitrogens with zero attached hydrogens (tertiary/aromatic N) is 2. The van der Waals surface area contributed by atoms with Crippen molar-refractivity contribution in [3.05, 3.63) is 77.9 Å². The fraction of sp³-hybridized carbons (Fsp3) is 0.269. The summed E-state index contributed by atoms with van der Waals surface area (Å²) in [5, 5.41) is 2.86. The van der Waals surface area contributed by atoms with E-state index in [0.29, 0.717) is 43.3 Å². The van der Waals surface area contributed by atoms with Crippen molar-refractivity contribution in [2.45, 2.75) is 11.3 Å². The Kier molecular flexibility index (Phi) is 6.36. The number of carbonyl (C=O) groups is 1. The first-order chi connectivity index (χ1) is 17.0. The average molecular weight is 494 g/mol. The predicted octanol–water partition coefficient (Wildman–Crippen LogP) is 3.54. The summed E-state index contributed by atoms with van der Waals surface area (Å²) < 4.78 is 39.1. The van der Waals surface area contributed by atoms with E-state index >= 15 is 0 Å². The molecule has 0 bridgehead atoms. The second-order valence-corrected chi connectivity index (χ2v) is 10.3. The molecule has 2 heterocycles. The standard InChI is InChI=1S/C26H27N3O5S/c1-33-25-11-10-22(35(31,32)29-13-12-19-4-2-3-5-24(19)29)18-23(25)26(30)27-20-6-8-21(9-7-20)28-14-16-34-17-15-28/h2-11,18H,12-17H2,1H3,(H,27,30). The van der Waals surface area contributed by atoms with Crippen molar-refractivity contribution in [1.82, 2.24) is 0 Å². The molecule has 1 fully saturated rings. The summed E-state index contributed by atoms with van der Waals surface area (Å²) >= 11 is 0. The van der Waals surface area contributed by atoms with Crippen LogP contribution in [-0.2, 0) is 21.2 Å². The van der Waals surface area contributed by atoms with E-state index in [1.165, 1.54) is 29.6 Å². The van der Waals surface area contributed by atoms with Gasteiger partial charge in [0, 0.05) is 31.0 Å². The molecule has 0 saturated carbocycles. The highest BCUT2D eigenvalue weighted by Crippen LogP contribution is 2.34. The number of fused-ring (bicyclic) bond motifs is 1. The Balaban J connectivity index is 1.38. The summed E-state index contributed by atoms with van der Waals surface area (Å²) in [6.45, 7) is 3.41. The van der Waals surface area contributed by atoms with Crippen LogP contribution in [0.2, 0.25) is 0 Å². The zero-order chi connectivity index (χ0) is 24.4. The van der Waals surface area contributed by atoms with Crippen LogP contribution in [0, 0.1) is 0 Å². The number of sulfonamides is 1. The van der Waals surface area contributed by atoms with Crippen LogP contribution in [0.1, 0.15) is 15.9 Å². The van der Waals surface area contributed by atoms with E-state index in [4.69, 9.17) is 9.47 Å². The van der Waals surface area contributed by atoms with Gasteiger partial charge in [-0.05, 0) is 60.5 Å². The van der Waals surface area contributed by atoms with Crippen molar-refractivity contribution < 1.29 is 22.7 Å². The molecule has 0 unspecified atom stereocenters. The van der Waals surface area contributed by atoms with E-state index in [0.717, 1.165) is 24.3 Å². The number of ether oxygens (including phenoxy) is 2. The smallest absolute Gasteiger partial charge is 0.264 e. The number of amides is 1. The van der Waals surface area contributed by atoms with Gasteiger partial charge in [0.25, 0.3) is 15.9 Å². The van der Waals surface area contributed by atoms with Gasteiger partial charge >= 0.3 is 0 Å². The Bertz CT molecular complexity index is 1340. The predicted molar refractivity (Wildman–Crippen MR) is 135 cm³/mol. The van der Waals surface area contributed by atoms with Gasteiger partial charge in [0.1, 0.15) is 5.75 Å². The third kappa shape index (κ3) is 4.56. The molecule has 1 N–H and O–H groups in total. The SMILES string of the molecule is COc1ccc(S(=O)(=O)N2CCc3ccccc32)cc1C(=O)Nc1ccc(N2CCOCC2)cc1. The quantitative estimate of drug-likeness (QED) is 0.565. The second kappa shape index (κ2) is 9.59. The number of carbonyl (C=O) groups excluding carboxylic acids is 1. The Hall–Kier alpha value is -3.56. The third-order valence-corrected chi connectivity index (χ3v) is 8.16. The van der Waals surface area contributed by atoms with Crippen molar-refractivity contribution in [3.63, 3.8) is 0 Å². The maximum absolute atomic E-state index is 13.5. The summed E-state index contributed by atoms with van der Waals surface area (Å²) in [6, 6.07) is 19.4. The van der Waals surface area contributed by atoms with Crippen LogP contribution in [0.5, 0.6) is 5.75 Å². The first-order valence-corrected chi connectivity index (χ1v) is 12.9. The van der Waals surface area contributed by atoms with Gasteiger partial charge in [-0.2, -0.15) is 0 Å². The minimum absolute atomic E-state index is 0.0443. The lowest BCUT2D eigenvalue weighted by molar-refractivity contribution is 0.102. The van der Waals surface area contributed by atoms with Gasteiger partial charge in [0.05, 0.1) is 36.5 Å². The average Bonchev–Trinajstić information content (AvgIpc) is 3.34. The van der Waals surface area contributed by atoms with Crippen molar-refractivity contribution in [2.75, 3.05) is 54.5 Å². The van der Waals surface area contributed by atoms with E-state index in [2.05, 4.69) is 10.2 Å². The number of benzene rings is 3. The maximum atomic E-state index is 13.5. The molecule has 0 atom stereocenters. The highest BCUT2D eigenvalue weighted by molar-refractivity contribution is 7.92. The normalized spacial score (nSPS) is 15.6. The number of para-hydroxylation sites is 1. The molecule has 2 aliphatic rings.